The van der Waals surface area contributed by atoms with E-state index in [0.29, 0.717) is 11.2 Å². The topological polar surface area (TPSA) is 37.9 Å². The first-order chi connectivity index (χ1) is 8.61. The third-order valence-electron chi connectivity index (χ3n) is 2.76. The van der Waals surface area contributed by atoms with Crippen molar-refractivity contribution in [3.8, 4) is 17.0 Å². The van der Waals surface area contributed by atoms with Crippen LogP contribution in [-0.4, -0.2) is 16.6 Å². The summed E-state index contributed by atoms with van der Waals surface area (Å²) >= 11 is 5.33. The Labute approximate surface area is 112 Å². The van der Waals surface area contributed by atoms with Crippen molar-refractivity contribution in [2.45, 2.75) is 20.8 Å². The van der Waals surface area contributed by atoms with Crippen molar-refractivity contribution in [2.24, 2.45) is 0 Å². The Morgan fingerprint density at radius 3 is 2.83 bits per heavy atom. The Kier molecular flexibility index (Phi) is 3.77. The summed E-state index contributed by atoms with van der Waals surface area (Å²) in [7, 11) is 0. The van der Waals surface area contributed by atoms with E-state index in [1.54, 1.807) is 0 Å². The molecule has 0 fully saturated rings. The van der Waals surface area contributed by atoms with Crippen molar-refractivity contribution < 1.29 is 4.74 Å². The first-order valence-electron chi connectivity index (χ1n) is 5.92. The maximum atomic E-state index is 5.49. The number of hydrogen-bond donors (Lipinski definition) is 1. The lowest BCUT2D eigenvalue weighted by atomic mass is 10.1. The minimum atomic E-state index is 0.649. The van der Waals surface area contributed by atoms with Crippen LogP contribution in [0.15, 0.2) is 24.3 Å². The second-order valence-electron chi connectivity index (χ2n) is 4.09. The molecule has 0 saturated heterocycles. The van der Waals surface area contributed by atoms with E-state index in [4.69, 9.17) is 17.0 Å². The Morgan fingerprint density at radius 2 is 2.11 bits per heavy atom. The van der Waals surface area contributed by atoms with Crippen LogP contribution >= 0.6 is 12.2 Å². The second kappa shape index (κ2) is 5.31. The van der Waals surface area contributed by atoms with E-state index in [0.717, 1.165) is 28.4 Å². The minimum absolute atomic E-state index is 0.649. The zero-order chi connectivity index (χ0) is 13.1. The van der Waals surface area contributed by atoms with E-state index in [-0.39, 0.29) is 0 Å². The average molecular weight is 260 g/mol. The number of H-pyrrole nitrogens is 1. The highest BCUT2D eigenvalue weighted by Crippen LogP contribution is 2.23. The van der Waals surface area contributed by atoms with E-state index in [2.05, 4.69) is 9.97 Å². The summed E-state index contributed by atoms with van der Waals surface area (Å²) in [4.78, 5) is 7.72. The highest BCUT2D eigenvalue weighted by molar-refractivity contribution is 7.71. The number of aryl methyl sites for hydroxylation is 2. The summed E-state index contributed by atoms with van der Waals surface area (Å²) in [5.74, 6) is 0.837. The lowest BCUT2D eigenvalue weighted by Crippen LogP contribution is -1.97. The van der Waals surface area contributed by atoms with Gasteiger partial charge < -0.3 is 9.72 Å². The molecule has 0 aliphatic carbocycles. The van der Waals surface area contributed by atoms with Gasteiger partial charge in [-0.3, -0.25) is 0 Å². The van der Waals surface area contributed by atoms with Gasteiger partial charge in [0, 0.05) is 11.3 Å². The van der Waals surface area contributed by atoms with Crippen LogP contribution in [0.3, 0.4) is 0 Å². The summed E-state index contributed by atoms with van der Waals surface area (Å²) in [6, 6.07) is 7.83. The number of ether oxygens (including phenoxy) is 1. The van der Waals surface area contributed by atoms with Crippen molar-refractivity contribution >= 4 is 12.2 Å². The molecule has 1 heterocycles. The molecule has 1 N–H and O–H groups in total. The summed E-state index contributed by atoms with van der Waals surface area (Å²) in [6.45, 7) is 6.55. The fourth-order valence-corrected chi connectivity index (χ4v) is 2.03. The van der Waals surface area contributed by atoms with Gasteiger partial charge in [-0.25, -0.2) is 4.98 Å². The first-order valence-corrected chi connectivity index (χ1v) is 6.33. The SMILES string of the molecule is CCOc1cccc(-c2nc(C)c(C)[nH]c2=S)c1. The van der Waals surface area contributed by atoms with Crippen molar-refractivity contribution in [3.05, 3.63) is 40.3 Å². The summed E-state index contributed by atoms with van der Waals surface area (Å²) in [5, 5.41) is 0. The molecule has 0 unspecified atom stereocenters. The Morgan fingerprint density at radius 1 is 1.33 bits per heavy atom. The Bertz CT molecular complexity index is 619. The molecule has 2 rings (SSSR count). The van der Waals surface area contributed by atoms with Crippen LogP contribution in [0.5, 0.6) is 5.75 Å². The molecule has 3 nitrogen and oxygen atoms in total. The van der Waals surface area contributed by atoms with E-state index in [1.165, 1.54) is 0 Å². The van der Waals surface area contributed by atoms with E-state index in [1.807, 2.05) is 45.0 Å². The van der Waals surface area contributed by atoms with Crippen molar-refractivity contribution in [1.29, 1.82) is 0 Å². The van der Waals surface area contributed by atoms with Crippen LogP contribution in [-0.2, 0) is 0 Å². The fraction of sp³-hybridized carbons (Fsp3) is 0.286. The average Bonchev–Trinajstić information content (AvgIpc) is 2.34. The van der Waals surface area contributed by atoms with Gasteiger partial charge in [0.15, 0.2) is 0 Å². The molecule has 4 heteroatoms. The van der Waals surface area contributed by atoms with Crippen LogP contribution < -0.4 is 4.74 Å². The van der Waals surface area contributed by atoms with Crippen LogP contribution in [0, 0.1) is 18.5 Å². The molecule has 0 radical (unpaired) electrons. The number of rotatable bonds is 3. The molecular weight excluding hydrogens is 244 g/mol. The largest absolute Gasteiger partial charge is 0.494 e. The van der Waals surface area contributed by atoms with E-state index >= 15 is 0 Å². The normalized spacial score (nSPS) is 10.4. The van der Waals surface area contributed by atoms with Crippen molar-refractivity contribution in [2.75, 3.05) is 6.61 Å². The highest BCUT2D eigenvalue weighted by atomic mass is 32.1. The smallest absolute Gasteiger partial charge is 0.130 e. The number of aromatic amines is 1. The number of nitrogens with one attached hydrogen (secondary N) is 1. The number of hydrogen-bond acceptors (Lipinski definition) is 3. The van der Waals surface area contributed by atoms with Crippen molar-refractivity contribution in [3.63, 3.8) is 0 Å². The van der Waals surface area contributed by atoms with Crippen LogP contribution in [0.1, 0.15) is 18.3 Å². The zero-order valence-electron chi connectivity index (χ0n) is 10.8. The lowest BCUT2D eigenvalue weighted by Gasteiger charge is -2.08. The van der Waals surface area contributed by atoms with Gasteiger partial charge in [-0.2, -0.15) is 0 Å². The molecule has 0 amide bonds. The number of nitrogens with zero attached hydrogens (tertiary/aromatic N) is 1. The molecule has 18 heavy (non-hydrogen) atoms. The van der Waals surface area contributed by atoms with Gasteiger partial charge in [0.1, 0.15) is 16.1 Å². The van der Waals surface area contributed by atoms with E-state index < -0.39 is 0 Å². The second-order valence-corrected chi connectivity index (χ2v) is 4.49. The maximum Gasteiger partial charge on any atom is 0.130 e. The number of benzene rings is 1. The molecule has 0 aliphatic heterocycles. The summed E-state index contributed by atoms with van der Waals surface area (Å²) in [5.41, 5.74) is 3.74. The molecule has 0 saturated carbocycles. The maximum absolute atomic E-state index is 5.49. The third kappa shape index (κ3) is 2.59. The van der Waals surface area contributed by atoms with Gasteiger partial charge in [0.2, 0.25) is 0 Å². The molecule has 0 aliphatic rings. The summed E-state index contributed by atoms with van der Waals surface area (Å²) in [6.07, 6.45) is 0. The molecule has 2 aromatic rings. The van der Waals surface area contributed by atoms with Gasteiger partial charge >= 0.3 is 0 Å². The third-order valence-corrected chi connectivity index (χ3v) is 3.05. The van der Waals surface area contributed by atoms with E-state index in [9.17, 15) is 0 Å². The molecular formula is C14H16N2OS. The molecule has 1 aromatic carbocycles. The predicted octanol–water partition coefficient (Wildman–Crippen LogP) is 3.82. The quantitative estimate of drug-likeness (QED) is 0.852. The highest BCUT2D eigenvalue weighted by Gasteiger charge is 2.06. The van der Waals surface area contributed by atoms with Gasteiger partial charge in [0.05, 0.1) is 12.3 Å². The Balaban J connectivity index is 2.51. The summed E-state index contributed by atoms with van der Waals surface area (Å²) < 4.78 is 6.15. The number of aromatic nitrogens is 2. The van der Waals surface area contributed by atoms with Crippen LogP contribution in [0.2, 0.25) is 0 Å². The predicted molar refractivity (Wildman–Crippen MR) is 75.5 cm³/mol. The zero-order valence-corrected chi connectivity index (χ0v) is 11.6. The van der Waals surface area contributed by atoms with Crippen LogP contribution in [0.25, 0.3) is 11.3 Å². The van der Waals surface area contributed by atoms with Gasteiger partial charge in [-0.05, 0) is 32.9 Å². The molecule has 0 spiro atoms. The van der Waals surface area contributed by atoms with Crippen molar-refractivity contribution in [1.82, 2.24) is 9.97 Å². The molecule has 0 bridgehead atoms. The van der Waals surface area contributed by atoms with Gasteiger partial charge in [-0.1, -0.05) is 24.4 Å². The monoisotopic (exact) mass is 260 g/mol. The molecule has 1 aromatic heterocycles. The van der Waals surface area contributed by atoms with Gasteiger partial charge in [-0.15, -0.1) is 0 Å². The molecule has 94 valence electrons. The van der Waals surface area contributed by atoms with Crippen LogP contribution in [0.4, 0.5) is 0 Å². The minimum Gasteiger partial charge on any atom is -0.494 e. The first kappa shape index (κ1) is 12.8. The lowest BCUT2D eigenvalue weighted by molar-refractivity contribution is 0.340. The van der Waals surface area contributed by atoms with Gasteiger partial charge in [0.25, 0.3) is 0 Å². The molecule has 0 atom stereocenters. The Hall–Kier alpha value is -1.68. The standard InChI is InChI=1S/C14H16N2OS/c1-4-17-12-7-5-6-11(8-12)13-14(18)16-10(3)9(2)15-13/h5-8H,4H2,1-3H3,(H,16,18). The fourth-order valence-electron chi connectivity index (χ4n) is 1.72.